The largest absolute Gasteiger partial charge is 0.389 e. The van der Waals surface area contributed by atoms with Crippen LogP contribution in [-0.2, 0) is 0 Å². The van der Waals surface area contributed by atoms with Crippen LogP contribution in [0.4, 0.5) is 0 Å². The van der Waals surface area contributed by atoms with Gasteiger partial charge < -0.3 is 9.43 Å². The van der Waals surface area contributed by atoms with Gasteiger partial charge in [0.25, 0.3) is 0 Å². The zero-order valence-corrected chi connectivity index (χ0v) is 7.36. The Balaban J connectivity index is 2.22. The molecule has 1 fully saturated rings. The molecular weight excluding hydrogens is 135 g/mol. The van der Waals surface area contributed by atoms with Crippen LogP contribution in [0.15, 0.2) is 0 Å². The molecule has 0 spiro atoms. The van der Waals surface area contributed by atoms with Crippen LogP contribution in [-0.4, -0.2) is 26.8 Å². The molecule has 1 aliphatic rings. The van der Waals surface area contributed by atoms with Crippen LogP contribution < -0.4 is 0 Å². The van der Waals surface area contributed by atoms with Gasteiger partial charge in [0.2, 0.25) is 0 Å². The Morgan fingerprint density at radius 1 is 1.50 bits per heavy atom. The van der Waals surface area contributed by atoms with Gasteiger partial charge in [-0.3, -0.25) is 0 Å². The van der Waals surface area contributed by atoms with Crippen molar-refractivity contribution in [3.05, 3.63) is 0 Å². The van der Waals surface area contributed by atoms with Gasteiger partial charge in [0, 0.05) is 0 Å². The van der Waals surface area contributed by atoms with Crippen LogP contribution in [0.5, 0.6) is 0 Å². The predicted octanol–water partition coefficient (Wildman–Crippen LogP) is 1.41. The molecule has 0 aromatic heterocycles. The summed E-state index contributed by atoms with van der Waals surface area (Å²) in [6.45, 7) is 9.04. The summed E-state index contributed by atoms with van der Waals surface area (Å²) in [6, 6.07) is 0. The first-order chi connectivity index (χ1) is 4.77. The van der Waals surface area contributed by atoms with Crippen molar-refractivity contribution in [3.63, 3.8) is 0 Å². The molecule has 1 saturated heterocycles. The van der Waals surface area contributed by atoms with Gasteiger partial charge in [-0.25, -0.2) is 0 Å². The average molecular weight is 146 g/mol. The minimum atomic E-state index is -0.941. The summed E-state index contributed by atoms with van der Waals surface area (Å²) in [5.74, 6) is 0. The summed E-state index contributed by atoms with van der Waals surface area (Å²) in [6.07, 6.45) is 4.75. The number of rotatable bonds is 3. The second kappa shape index (κ2) is 3.85. The van der Waals surface area contributed by atoms with Crippen molar-refractivity contribution in [2.75, 3.05) is 0 Å². The topological polar surface area (TPSA) is 0 Å². The first-order valence-corrected chi connectivity index (χ1v) is 5.76. The van der Waals surface area contributed by atoms with E-state index < -0.39 is 9.43 Å². The molecule has 1 heterocycles. The lowest BCUT2D eigenvalue weighted by molar-refractivity contribution is 1.08. The molecule has 49 valence electrons. The van der Waals surface area contributed by atoms with Gasteiger partial charge >= 0.3 is 0 Å². The first kappa shape index (κ1) is 8.70. The smallest absolute Gasteiger partial charge is 0.139 e. The van der Waals surface area contributed by atoms with E-state index >= 15 is 0 Å². The molecule has 0 aliphatic carbocycles. The van der Waals surface area contributed by atoms with Gasteiger partial charge in [0.05, 0.1) is 0 Å². The van der Waals surface area contributed by atoms with E-state index in [9.17, 15) is 0 Å². The summed E-state index contributed by atoms with van der Waals surface area (Å²) in [5, 5.41) is 0. The third-order valence-corrected chi connectivity index (χ3v) is 4.11. The van der Waals surface area contributed by atoms with Gasteiger partial charge in [0.15, 0.2) is 0 Å². The quantitative estimate of drug-likeness (QED) is 0.528. The van der Waals surface area contributed by atoms with Crippen LogP contribution >= 0.6 is 9.43 Å². The van der Waals surface area contributed by atoms with Crippen molar-refractivity contribution < 1.29 is 0 Å². The molecule has 0 nitrogen and oxygen atoms in total. The summed E-state index contributed by atoms with van der Waals surface area (Å²) >= 11 is 0. The fourth-order valence-electron chi connectivity index (χ4n) is 1.07. The van der Waals surface area contributed by atoms with Gasteiger partial charge in [-0.1, -0.05) is 32.3 Å². The van der Waals surface area contributed by atoms with Crippen molar-refractivity contribution in [1.82, 2.24) is 0 Å². The lowest BCUT2D eigenvalue weighted by atomic mass is 9.91. The standard InChI is InChI=1S/C5H11B4S/c1-2-3-7-10(6)8-4-5-9-10/h2-5H2,1H3. The lowest BCUT2D eigenvalue weighted by Gasteiger charge is -2.29. The minimum Gasteiger partial charge on any atom is -0.389 e. The number of hydrogen-bond acceptors (Lipinski definition) is 0. The monoisotopic (exact) mass is 147 g/mol. The molecule has 0 atom stereocenters. The molecule has 0 amide bonds. The van der Waals surface area contributed by atoms with Crippen molar-refractivity contribution in [2.45, 2.75) is 32.3 Å². The highest BCUT2D eigenvalue weighted by Gasteiger charge is 2.24. The summed E-state index contributed by atoms with van der Waals surface area (Å²) in [4.78, 5) is 0. The molecular formula is C5H11B4S. The Hall–Kier alpha value is 0.610. The average Bonchev–Trinajstić information content (AvgIpc) is 2.33. The van der Waals surface area contributed by atoms with Crippen molar-refractivity contribution in [3.8, 4) is 0 Å². The molecule has 1 rings (SSSR count). The van der Waals surface area contributed by atoms with Crippen molar-refractivity contribution in [2.24, 2.45) is 0 Å². The molecule has 0 saturated carbocycles. The zero-order valence-electron chi connectivity index (χ0n) is 6.55. The Kier molecular flexibility index (Phi) is 3.35. The summed E-state index contributed by atoms with van der Waals surface area (Å²) in [5.41, 5.74) is 0. The summed E-state index contributed by atoms with van der Waals surface area (Å²) < 4.78 is 0. The van der Waals surface area contributed by atoms with Crippen molar-refractivity contribution >= 4 is 36.2 Å². The van der Waals surface area contributed by atoms with E-state index in [1.807, 2.05) is 0 Å². The van der Waals surface area contributed by atoms with E-state index in [-0.39, 0.29) is 0 Å². The molecule has 1 aliphatic heterocycles. The molecule has 10 heavy (non-hydrogen) atoms. The Bertz CT molecular complexity index is 102. The maximum absolute atomic E-state index is 6.06. The lowest BCUT2D eigenvalue weighted by Crippen LogP contribution is -2.13. The van der Waals surface area contributed by atoms with Crippen LogP contribution in [0.1, 0.15) is 13.3 Å². The highest BCUT2D eigenvalue weighted by atomic mass is 32.3. The normalized spacial score (nSPS) is 24.5. The van der Waals surface area contributed by atoms with E-state index in [1.54, 1.807) is 0 Å². The highest BCUT2D eigenvalue weighted by Crippen LogP contribution is 2.45. The second-order valence-electron chi connectivity index (χ2n) is 2.68. The second-order valence-corrected chi connectivity index (χ2v) is 5.32. The van der Waals surface area contributed by atoms with Crippen LogP contribution in [0.25, 0.3) is 0 Å². The van der Waals surface area contributed by atoms with E-state index in [0.29, 0.717) is 0 Å². The predicted molar refractivity (Wildman–Crippen MR) is 55.3 cm³/mol. The maximum Gasteiger partial charge on any atom is 0.139 e. The highest BCUT2D eigenvalue weighted by molar-refractivity contribution is 8.92. The SMILES string of the molecule is [B]S1([B]CCC)[B]CC[B]1. The number of hydrogen-bond donors (Lipinski definition) is 0. The molecule has 0 N–H and O–H groups in total. The van der Waals surface area contributed by atoms with E-state index in [4.69, 9.17) is 7.12 Å². The van der Waals surface area contributed by atoms with Gasteiger partial charge in [-0.2, -0.15) is 0 Å². The van der Waals surface area contributed by atoms with Gasteiger partial charge in [0.1, 0.15) is 26.8 Å². The molecule has 0 aromatic carbocycles. The van der Waals surface area contributed by atoms with Crippen LogP contribution in [0.2, 0.25) is 19.0 Å². The zero-order chi connectivity index (χ0) is 7.45. The third-order valence-electron chi connectivity index (χ3n) is 1.67. The third kappa shape index (κ3) is 2.34. The van der Waals surface area contributed by atoms with Crippen LogP contribution in [0.3, 0.4) is 0 Å². The fourth-order valence-corrected chi connectivity index (χ4v) is 3.21. The Morgan fingerprint density at radius 2 is 2.10 bits per heavy atom. The molecule has 5 heteroatoms. The van der Waals surface area contributed by atoms with Gasteiger partial charge in [-0.15, -0.1) is 0 Å². The molecule has 0 unspecified atom stereocenters. The van der Waals surface area contributed by atoms with E-state index in [2.05, 4.69) is 26.6 Å². The Morgan fingerprint density at radius 3 is 2.60 bits per heavy atom. The molecule has 0 aromatic rings. The first-order valence-electron chi connectivity index (χ1n) is 3.87. The fraction of sp³-hybridized carbons (Fsp3) is 1.00. The minimum absolute atomic E-state index is 0.941. The van der Waals surface area contributed by atoms with E-state index in [0.717, 1.165) is 0 Å². The summed E-state index contributed by atoms with van der Waals surface area (Å²) in [7, 11) is 5.12. The van der Waals surface area contributed by atoms with Crippen molar-refractivity contribution in [1.29, 1.82) is 0 Å². The molecule has 0 bridgehead atoms. The Labute approximate surface area is 69.0 Å². The maximum atomic E-state index is 6.06. The van der Waals surface area contributed by atoms with Crippen LogP contribution in [0, 0.1) is 0 Å². The van der Waals surface area contributed by atoms with Gasteiger partial charge in [-0.05, 0) is 0 Å². The van der Waals surface area contributed by atoms with E-state index in [1.165, 1.54) is 25.4 Å². The molecule has 5 radical (unpaired) electrons.